The third-order valence-electron chi connectivity index (χ3n) is 5.55. The highest BCUT2D eigenvalue weighted by Crippen LogP contribution is 2.45. The van der Waals surface area contributed by atoms with Gasteiger partial charge in [-0.05, 0) is 66.9 Å². The van der Waals surface area contributed by atoms with Crippen molar-refractivity contribution in [3.05, 3.63) is 88.2 Å². The molecule has 1 fully saturated rings. The molecule has 0 saturated carbocycles. The molecule has 0 spiro atoms. The second kappa shape index (κ2) is 9.57. The van der Waals surface area contributed by atoms with Crippen LogP contribution in [0.25, 0.3) is 5.76 Å². The van der Waals surface area contributed by atoms with Crippen molar-refractivity contribution in [3.8, 4) is 11.5 Å². The van der Waals surface area contributed by atoms with Gasteiger partial charge in [0.2, 0.25) is 0 Å². The molecule has 2 aromatic carbocycles. The van der Waals surface area contributed by atoms with Crippen LogP contribution in [0, 0.1) is 6.92 Å². The second-order valence-corrected chi connectivity index (χ2v) is 8.35. The van der Waals surface area contributed by atoms with Gasteiger partial charge in [-0.15, -0.1) is 0 Å². The number of aromatic nitrogens is 1. The van der Waals surface area contributed by atoms with Gasteiger partial charge < -0.3 is 14.9 Å². The molecule has 0 aliphatic carbocycles. The lowest BCUT2D eigenvalue weighted by Crippen LogP contribution is -2.29. The fourth-order valence-corrected chi connectivity index (χ4v) is 4.12. The lowest BCUT2D eigenvalue weighted by atomic mass is 9.95. The van der Waals surface area contributed by atoms with Crippen LogP contribution in [0.1, 0.15) is 36.1 Å². The van der Waals surface area contributed by atoms with E-state index >= 15 is 0 Å². The van der Waals surface area contributed by atoms with Crippen molar-refractivity contribution in [2.75, 3.05) is 11.5 Å². The number of carbonyl (C=O) groups is 2. The Kier molecular flexibility index (Phi) is 6.56. The Morgan fingerprint density at radius 1 is 1.18 bits per heavy atom. The molecular formula is C26H23ClN2O5. The molecule has 3 aromatic rings. The quantitative estimate of drug-likeness (QED) is 0.288. The van der Waals surface area contributed by atoms with Crippen LogP contribution in [0.5, 0.6) is 11.5 Å². The number of rotatable bonds is 6. The Morgan fingerprint density at radius 2 is 1.97 bits per heavy atom. The van der Waals surface area contributed by atoms with Crippen molar-refractivity contribution in [3.63, 3.8) is 0 Å². The minimum absolute atomic E-state index is 0.0574. The Hall–Kier alpha value is -3.84. The zero-order chi connectivity index (χ0) is 24.4. The number of aliphatic hydroxyl groups excluding tert-OH is 1. The Morgan fingerprint density at radius 3 is 2.65 bits per heavy atom. The van der Waals surface area contributed by atoms with Gasteiger partial charge in [-0.25, -0.2) is 0 Å². The monoisotopic (exact) mass is 478 g/mol. The largest absolute Gasteiger partial charge is 0.507 e. The summed E-state index contributed by atoms with van der Waals surface area (Å²) >= 11 is 6.12. The minimum Gasteiger partial charge on any atom is -0.507 e. The van der Waals surface area contributed by atoms with Crippen LogP contribution >= 0.6 is 11.6 Å². The number of carbonyl (C=O) groups excluding carboxylic acids is 2. The molecule has 1 unspecified atom stereocenters. The fourth-order valence-electron chi connectivity index (χ4n) is 3.95. The standard InChI is InChI=1S/C26H23ClN2O5/c1-3-11-34-21-9-6-16(12-15(21)2)24(31)22-23(17-5-4-10-28-14-17)29(26(33)25(22)32)19-13-18(27)7-8-20(19)30/h4-10,12-14,23,30-31H,3,11H2,1-2H3/b24-22+. The Labute approximate surface area is 201 Å². The second-order valence-electron chi connectivity index (χ2n) is 7.92. The average molecular weight is 479 g/mol. The third kappa shape index (κ3) is 4.22. The molecule has 2 N–H and O–H groups in total. The number of hydrogen-bond donors (Lipinski definition) is 2. The normalized spacial score (nSPS) is 17.3. The molecule has 1 aromatic heterocycles. The van der Waals surface area contributed by atoms with Crippen LogP contribution in [-0.2, 0) is 9.59 Å². The summed E-state index contributed by atoms with van der Waals surface area (Å²) in [7, 11) is 0. The van der Waals surface area contributed by atoms with Crippen LogP contribution in [-0.4, -0.2) is 33.5 Å². The van der Waals surface area contributed by atoms with E-state index in [1.165, 1.54) is 24.4 Å². The third-order valence-corrected chi connectivity index (χ3v) is 5.79. The number of pyridine rings is 1. The first kappa shape index (κ1) is 23.3. The van der Waals surface area contributed by atoms with Gasteiger partial charge in [0.05, 0.1) is 23.9 Å². The number of hydrogen-bond acceptors (Lipinski definition) is 6. The van der Waals surface area contributed by atoms with E-state index in [-0.39, 0.29) is 27.8 Å². The smallest absolute Gasteiger partial charge is 0.300 e. The maximum atomic E-state index is 13.2. The zero-order valence-corrected chi connectivity index (χ0v) is 19.4. The highest BCUT2D eigenvalue weighted by molar-refractivity contribution is 6.52. The van der Waals surface area contributed by atoms with Gasteiger partial charge in [0.1, 0.15) is 17.3 Å². The maximum Gasteiger partial charge on any atom is 0.300 e. The molecule has 1 amide bonds. The van der Waals surface area contributed by atoms with E-state index in [4.69, 9.17) is 16.3 Å². The number of phenolic OH excluding ortho intramolecular Hbond substituents is 1. The van der Waals surface area contributed by atoms with Gasteiger partial charge in [0.25, 0.3) is 11.7 Å². The molecule has 7 nitrogen and oxygen atoms in total. The highest BCUT2D eigenvalue weighted by Gasteiger charge is 2.47. The molecule has 1 atom stereocenters. The van der Waals surface area contributed by atoms with Gasteiger partial charge in [0, 0.05) is 23.0 Å². The van der Waals surface area contributed by atoms with Crippen molar-refractivity contribution >= 4 is 34.7 Å². The van der Waals surface area contributed by atoms with Crippen LogP contribution < -0.4 is 9.64 Å². The summed E-state index contributed by atoms with van der Waals surface area (Å²) in [5.74, 6) is -1.66. The fraction of sp³-hybridized carbons (Fsp3) is 0.192. The topological polar surface area (TPSA) is 100.0 Å². The van der Waals surface area contributed by atoms with Gasteiger partial charge in [-0.1, -0.05) is 24.6 Å². The van der Waals surface area contributed by atoms with E-state index in [0.717, 1.165) is 16.9 Å². The number of benzene rings is 2. The maximum absolute atomic E-state index is 13.2. The van der Waals surface area contributed by atoms with Gasteiger partial charge >= 0.3 is 0 Å². The zero-order valence-electron chi connectivity index (χ0n) is 18.7. The van der Waals surface area contributed by atoms with Crippen LogP contribution in [0.4, 0.5) is 5.69 Å². The number of aromatic hydroxyl groups is 1. The molecule has 174 valence electrons. The van der Waals surface area contributed by atoms with E-state index in [0.29, 0.717) is 23.5 Å². The Balaban J connectivity index is 1.89. The van der Waals surface area contributed by atoms with Gasteiger partial charge in [0.15, 0.2) is 0 Å². The molecule has 1 aliphatic rings. The summed E-state index contributed by atoms with van der Waals surface area (Å²) in [4.78, 5) is 31.6. The first-order chi connectivity index (χ1) is 16.3. The summed E-state index contributed by atoms with van der Waals surface area (Å²) in [6.45, 7) is 4.40. The number of ketones is 1. The molecular weight excluding hydrogens is 456 g/mol. The molecule has 0 radical (unpaired) electrons. The summed E-state index contributed by atoms with van der Waals surface area (Å²) < 4.78 is 5.70. The van der Waals surface area contributed by atoms with Crippen LogP contribution in [0.15, 0.2) is 66.5 Å². The van der Waals surface area contributed by atoms with Crippen molar-refractivity contribution < 1.29 is 24.5 Å². The predicted molar refractivity (Wildman–Crippen MR) is 129 cm³/mol. The van der Waals surface area contributed by atoms with E-state index in [2.05, 4.69) is 4.98 Å². The summed E-state index contributed by atoms with van der Waals surface area (Å²) in [5.41, 5.74) is 1.57. The van der Waals surface area contributed by atoms with E-state index in [9.17, 15) is 19.8 Å². The first-order valence-electron chi connectivity index (χ1n) is 10.8. The molecule has 8 heteroatoms. The summed E-state index contributed by atoms with van der Waals surface area (Å²) in [5, 5.41) is 22.0. The van der Waals surface area contributed by atoms with Crippen LogP contribution in [0.3, 0.4) is 0 Å². The summed E-state index contributed by atoms with van der Waals surface area (Å²) in [6.07, 6.45) is 3.92. The molecule has 34 heavy (non-hydrogen) atoms. The number of aliphatic hydroxyl groups is 1. The summed E-state index contributed by atoms with van der Waals surface area (Å²) in [6, 6.07) is 11.6. The van der Waals surface area contributed by atoms with E-state index < -0.39 is 17.7 Å². The van der Waals surface area contributed by atoms with Crippen molar-refractivity contribution in [2.45, 2.75) is 26.3 Å². The number of Topliss-reactive ketones (excluding diaryl/α,β-unsaturated/α-hetero) is 1. The average Bonchev–Trinajstić information content (AvgIpc) is 3.10. The minimum atomic E-state index is -1.02. The predicted octanol–water partition coefficient (Wildman–Crippen LogP) is 5.16. The SMILES string of the molecule is CCCOc1ccc(/C(O)=C2\C(=O)C(=O)N(c3cc(Cl)ccc3O)C2c2cccnc2)cc1C. The lowest BCUT2D eigenvalue weighted by Gasteiger charge is -2.26. The highest BCUT2D eigenvalue weighted by atomic mass is 35.5. The number of anilines is 1. The van der Waals surface area contributed by atoms with E-state index in [1.807, 2.05) is 13.8 Å². The number of halogens is 1. The number of ether oxygens (including phenoxy) is 1. The first-order valence-corrected chi connectivity index (χ1v) is 11.1. The van der Waals surface area contributed by atoms with E-state index in [1.54, 1.807) is 36.5 Å². The molecule has 0 bridgehead atoms. The Bertz CT molecular complexity index is 1290. The van der Waals surface area contributed by atoms with Gasteiger partial charge in [-0.3, -0.25) is 19.5 Å². The molecule has 4 rings (SSSR count). The van der Waals surface area contributed by atoms with Crippen molar-refractivity contribution in [2.24, 2.45) is 0 Å². The lowest BCUT2D eigenvalue weighted by molar-refractivity contribution is -0.132. The van der Waals surface area contributed by atoms with Gasteiger partial charge in [-0.2, -0.15) is 0 Å². The van der Waals surface area contributed by atoms with Crippen molar-refractivity contribution in [1.82, 2.24) is 4.98 Å². The number of nitrogens with zero attached hydrogens (tertiary/aromatic N) is 2. The molecule has 1 aliphatic heterocycles. The number of amides is 1. The molecule has 1 saturated heterocycles. The van der Waals surface area contributed by atoms with Crippen LogP contribution in [0.2, 0.25) is 5.02 Å². The number of phenols is 1. The molecule has 2 heterocycles. The van der Waals surface area contributed by atoms with Crippen molar-refractivity contribution in [1.29, 1.82) is 0 Å². The number of aryl methyl sites for hydroxylation is 1.